The van der Waals surface area contributed by atoms with Crippen molar-refractivity contribution in [2.24, 2.45) is 28.8 Å². The second-order valence-corrected chi connectivity index (χ2v) is 12.5. The summed E-state index contributed by atoms with van der Waals surface area (Å²) in [6, 6.07) is 3.94. The fourth-order valence-electron chi connectivity index (χ4n) is 7.91. The van der Waals surface area contributed by atoms with E-state index < -0.39 is 12.5 Å². The number of allylic oxidation sites excluding steroid dienone is 3. The molecule has 13 heteroatoms. The zero-order valence-corrected chi connectivity index (χ0v) is 26.9. The van der Waals surface area contributed by atoms with Gasteiger partial charge in [0.2, 0.25) is 18.4 Å². The maximum atomic E-state index is 12.4. The van der Waals surface area contributed by atoms with Gasteiger partial charge in [0, 0.05) is 37.6 Å². The Bertz CT molecular complexity index is 1530. The predicted octanol–water partition coefficient (Wildman–Crippen LogP) is 3.17. The number of hydrogen-bond acceptors (Lipinski definition) is 12. The second kappa shape index (κ2) is 12.8. The molecule has 0 aromatic heterocycles. The maximum Gasteiger partial charge on any atom is 0.248 e. The third-order valence-corrected chi connectivity index (χ3v) is 10.1. The van der Waals surface area contributed by atoms with E-state index in [9.17, 15) is 15.0 Å². The highest BCUT2D eigenvalue weighted by Gasteiger charge is 2.54. The average Bonchev–Trinajstić information content (AvgIpc) is 3.82. The molecule has 1 amide bonds. The number of hydrogen-bond donors (Lipinski definition) is 2. The van der Waals surface area contributed by atoms with Crippen LogP contribution in [0.15, 0.2) is 64.9 Å². The van der Waals surface area contributed by atoms with Crippen LogP contribution in [-0.2, 0) is 23.8 Å². The van der Waals surface area contributed by atoms with E-state index in [1.807, 2.05) is 18.2 Å². The Kier molecular flexibility index (Phi) is 8.54. The molecule has 7 rings (SSSR count). The zero-order chi connectivity index (χ0) is 32.8. The third-order valence-electron chi connectivity index (χ3n) is 10.1. The van der Waals surface area contributed by atoms with Crippen LogP contribution in [0.25, 0.3) is 0 Å². The van der Waals surface area contributed by atoms with Gasteiger partial charge in [0.25, 0.3) is 0 Å². The first-order valence-corrected chi connectivity index (χ1v) is 15.9. The lowest BCUT2D eigenvalue weighted by molar-refractivity contribution is -0.291. The van der Waals surface area contributed by atoms with E-state index in [0.717, 1.165) is 28.5 Å². The number of carbonyl (C=O) groups excluding carboxylic acids is 1. The molecule has 13 nitrogen and oxygen atoms in total. The molecule has 8 atom stereocenters. The molecule has 3 heterocycles. The molecule has 3 aliphatic heterocycles. The zero-order valence-electron chi connectivity index (χ0n) is 26.9. The number of nitrogens with zero attached hydrogens (tertiary/aromatic N) is 3. The van der Waals surface area contributed by atoms with Gasteiger partial charge in [-0.1, -0.05) is 6.08 Å². The number of hydrazone groups is 1. The monoisotopic (exact) mass is 651 g/mol. The highest BCUT2D eigenvalue weighted by atomic mass is 16.8. The van der Waals surface area contributed by atoms with E-state index in [1.165, 1.54) is 0 Å². The number of benzene rings is 1. The molecular weight excluding hydrogens is 610 g/mol. The lowest BCUT2D eigenvalue weighted by Crippen LogP contribution is -2.47. The van der Waals surface area contributed by atoms with Crippen molar-refractivity contribution < 1.29 is 48.3 Å². The van der Waals surface area contributed by atoms with E-state index in [4.69, 9.17) is 38.4 Å². The fraction of sp³-hybridized carbons (Fsp3) is 0.529. The summed E-state index contributed by atoms with van der Waals surface area (Å²) in [5.74, 6) is 2.50. The van der Waals surface area contributed by atoms with Gasteiger partial charge in [0.1, 0.15) is 5.76 Å². The van der Waals surface area contributed by atoms with Crippen LogP contribution in [0.5, 0.6) is 17.2 Å². The van der Waals surface area contributed by atoms with Crippen molar-refractivity contribution in [2.45, 2.75) is 50.2 Å². The van der Waals surface area contributed by atoms with Gasteiger partial charge in [-0.3, -0.25) is 9.80 Å². The minimum absolute atomic E-state index is 0.0256. The van der Waals surface area contributed by atoms with Gasteiger partial charge in [-0.15, -0.1) is 0 Å². The highest BCUT2D eigenvalue weighted by Crippen LogP contribution is 2.56. The molecule has 0 radical (unpaired) electrons. The number of fused-ring (bicyclic) bond motifs is 4. The van der Waals surface area contributed by atoms with E-state index in [1.54, 1.807) is 28.4 Å². The van der Waals surface area contributed by atoms with Crippen molar-refractivity contribution in [3.05, 3.63) is 65.4 Å². The summed E-state index contributed by atoms with van der Waals surface area (Å²) < 4.78 is 34.3. The van der Waals surface area contributed by atoms with Crippen molar-refractivity contribution in [3.63, 3.8) is 0 Å². The molecule has 1 aromatic carbocycles. The molecule has 3 fully saturated rings. The predicted molar refractivity (Wildman–Crippen MR) is 167 cm³/mol. The minimum atomic E-state index is -1.37. The second-order valence-electron chi connectivity index (χ2n) is 12.5. The Labute approximate surface area is 273 Å². The van der Waals surface area contributed by atoms with Crippen LogP contribution in [-0.4, -0.2) is 92.2 Å². The summed E-state index contributed by atoms with van der Waals surface area (Å²) in [7, 11) is 6.39. The molecule has 6 unspecified atom stereocenters. The summed E-state index contributed by atoms with van der Waals surface area (Å²) in [6.45, 7) is 0.738. The van der Waals surface area contributed by atoms with Crippen molar-refractivity contribution in [1.82, 2.24) is 10.1 Å². The highest BCUT2D eigenvalue weighted by molar-refractivity contribution is 5.94. The van der Waals surface area contributed by atoms with E-state index in [2.05, 4.69) is 29.3 Å². The Balaban J connectivity index is 1.31. The molecule has 2 saturated heterocycles. The molecule has 47 heavy (non-hydrogen) atoms. The van der Waals surface area contributed by atoms with Gasteiger partial charge in [0.15, 0.2) is 35.5 Å². The normalized spacial score (nSPS) is 31.4. The minimum Gasteiger partial charge on any atom is -0.497 e. The number of hydroxylamine groups is 2. The number of amides is 1. The first-order valence-electron chi connectivity index (χ1n) is 15.9. The molecule has 2 N–H and O–H groups in total. The molecule has 0 bridgehead atoms. The van der Waals surface area contributed by atoms with Crippen LogP contribution in [0.1, 0.15) is 37.2 Å². The van der Waals surface area contributed by atoms with Crippen molar-refractivity contribution >= 4 is 11.6 Å². The quantitative estimate of drug-likeness (QED) is 0.361. The Morgan fingerprint density at radius 3 is 2.40 bits per heavy atom. The SMILES string of the molecule is COC1=CCC(N2C[C@@H]3C(=N2)C2C=C4OCOC4=CC2[C@@H](c2cc(OC)c(OC)c(OC)c2)C3CC(O)ON2C(=O)CCC2O)C=C1. The smallest absolute Gasteiger partial charge is 0.248 e. The van der Waals surface area contributed by atoms with E-state index in [0.29, 0.717) is 35.3 Å². The van der Waals surface area contributed by atoms with Gasteiger partial charge in [-0.25, -0.2) is 4.84 Å². The van der Waals surface area contributed by atoms with E-state index in [-0.39, 0.29) is 67.6 Å². The van der Waals surface area contributed by atoms with Gasteiger partial charge in [-0.05, 0) is 66.2 Å². The van der Waals surface area contributed by atoms with Gasteiger partial charge < -0.3 is 38.6 Å². The summed E-state index contributed by atoms with van der Waals surface area (Å²) in [6.07, 6.45) is 9.16. The van der Waals surface area contributed by atoms with Crippen LogP contribution in [0.2, 0.25) is 0 Å². The third kappa shape index (κ3) is 5.59. The molecule has 0 spiro atoms. The molecule has 3 aliphatic carbocycles. The number of aliphatic hydroxyl groups excluding tert-OH is 2. The summed E-state index contributed by atoms with van der Waals surface area (Å²) in [4.78, 5) is 18.2. The maximum absolute atomic E-state index is 12.4. The van der Waals surface area contributed by atoms with Crippen LogP contribution in [0.4, 0.5) is 0 Å². The Morgan fingerprint density at radius 2 is 1.79 bits per heavy atom. The van der Waals surface area contributed by atoms with Crippen LogP contribution in [0.3, 0.4) is 0 Å². The summed E-state index contributed by atoms with van der Waals surface area (Å²) >= 11 is 0. The number of rotatable bonds is 10. The molecular formula is C34H41N3O10. The van der Waals surface area contributed by atoms with Gasteiger partial charge in [-0.2, -0.15) is 10.2 Å². The lowest BCUT2D eigenvalue weighted by Gasteiger charge is -2.46. The number of methoxy groups -OCH3 is 4. The first kappa shape index (κ1) is 31.4. The molecule has 1 saturated carbocycles. The standard InChI is InChI=1S/C34H41N3O10/c1-41-20-7-5-19(6-8-20)36-16-24-22(15-31(40)47-37-29(38)9-10-30(37)39)32(18-11-27(42-2)34(44-4)28(12-18)43-3)21-13-25-26(46-17-45-25)14-23(21)33(24)35-36/h5,7-8,11-14,19,21-24,29,31-32,38,40H,6,9-10,15-17H2,1-4H3/t19?,21?,22?,23?,24-,29?,31?,32+/m0/s1. The molecule has 6 aliphatic rings. The number of ether oxygens (including phenoxy) is 6. The van der Waals surface area contributed by atoms with Crippen molar-refractivity contribution in [3.8, 4) is 17.2 Å². The summed E-state index contributed by atoms with van der Waals surface area (Å²) in [5.41, 5.74) is 1.90. The molecule has 252 valence electrons. The number of carbonyl (C=O) groups is 1. The summed E-state index contributed by atoms with van der Waals surface area (Å²) in [5, 5.41) is 30.1. The fourth-order valence-corrected chi connectivity index (χ4v) is 7.91. The topological polar surface area (TPSA) is 141 Å². The number of aliphatic hydroxyl groups is 2. The van der Waals surface area contributed by atoms with Gasteiger partial charge >= 0.3 is 0 Å². The average molecular weight is 652 g/mol. The Hall–Kier alpha value is -4.20. The van der Waals surface area contributed by atoms with Crippen molar-refractivity contribution in [2.75, 3.05) is 41.8 Å². The largest absolute Gasteiger partial charge is 0.497 e. The lowest BCUT2D eigenvalue weighted by atomic mass is 9.57. The van der Waals surface area contributed by atoms with Crippen LogP contribution >= 0.6 is 0 Å². The Morgan fingerprint density at radius 1 is 1.04 bits per heavy atom. The first-order chi connectivity index (χ1) is 22.8. The van der Waals surface area contributed by atoms with Crippen LogP contribution in [0, 0.1) is 23.7 Å². The van der Waals surface area contributed by atoms with Crippen LogP contribution < -0.4 is 14.2 Å². The molecule has 1 aromatic rings. The van der Waals surface area contributed by atoms with Crippen molar-refractivity contribution in [1.29, 1.82) is 0 Å². The van der Waals surface area contributed by atoms with Gasteiger partial charge in [0.05, 0.1) is 40.2 Å². The van der Waals surface area contributed by atoms with E-state index >= 15 is 0 Å².